The van der Waals surface area contributed by atoms with Gasteiger partial charge in [0.2, 0.25) is 0 Å². The van der Waals surface area contributed by atoms with E-state index in [4.69, 9.17) is 14.2 Å². The number of benzene rings is 1. The Hall–Kier alpha value is -2.22. The summed E-state index contributed by atoms with van der Waals surface area (Å²) in [6, 6.07) is 2.44. The first kappa shape index (κ1) is 21.1. The fourth-order valence-electron chi connectivity index (χ4n) is 2.99. The van der Waals surface area contributed by atoms with Crippen molar-refractivity contribution in [2.45, 2.75) is 45.8 Å². The van der Waals surface area contributed by atoms with E-state index < -0.39 is 12.0 Å². The molecule has 7 nitrogen and oxygen atoms in total. The third-order valence-corrected chi connectivity index (χ3v) is 4.46. The molecule has 1 aromatic rings. The first-order valence-electron chi connectivity index (χ1n) is 8.75. The third-order valence-electron chi connectivity index (χ3n) is 4.00. The second-order valence-corrected chi connectivity index (χ2v) is 7.27. The van der Waals surface area contributed by atoms with E-state index >= 15 is 0 Å². The molecule has 2 rings (SSSR count). The second kappa shape index (κ2) is 9.12. The van der Waals surface area contributed by atoms with Gasteiger partial charge in [0, 0.05) is 15.7 Å². The standard InChI is InChI=1S/C19H25BrN2O5/c1-6-7-13-15(18(23)27-10(2)3)16(22-19(24)21-13)12-8-11(20)9-14(25-4)17(12)26-5/h8-10,16H,6-7H2,1-5H3,(H2,21,22,24). The predicted molar refractivity (Wildman–Crippen MR) is 105 cm³/mol. The van der Waals surface area contributed by atoms with Gasteiger partial charge in [-0.15, -0.1) is 0 Å². The van der Waals surface area contributed by atoms with Gasteiger partial charge in [-0.05, 0) is 32.4 Å². The molecule has 1 unspecified atom stereocenters. The number of rotatable bonds is 7. The molecular formula is C19H25BrN2O5. The Kier molecular flexibility index (Phi) is 7.12. The van der Waals surface area contributed by atoms with Crippen LogP contribution < -0.4 is 20.1 Å². The molecule has 0 saturated heterocycles. The molecule has 2 N–H and O–H groups in total. The fourth-order valence-corrected chi connectivity index (χ4v) is 3.44. The van der Waals surface area contributed by atoms with Crippen LogP contribution >= 0.6 is 15.9 Å². The summed E-state index contributed by atoms with van der Waals surface area (Å²) in [5, 5.41) is 5.56. The Morgan fingerprint density at radius 1 is 1.26 bits per heavy atom. The number of carbonyl (C=O) groups excluding carboxylic acids is 2. The highest BCUT2D eigenvalue weighted by Crippen LogP contribution is 2.41. The topological polar surface area (TPSA) is 85.9 Å². The van der Waals surface area contributed by atoms with Gasteiger partial charge in [0.25, 0.3) is 0 Å². The summed E-state index contributed by atoms with van der Waals surface area (Å²) in [6.45, 7) is 5.54. The van der Waals surface area contributed by atoms with Gasteiger partial charge >= 0.3 is 12.0 Å². The maximum Gasteiger partial charge on any atom is 0.338 e. The van der Waals surface area contributed by atoms with Crippen LogP contribution in [0.3, 0.4) is 0 Å². The number of halogens is 1. The molecule has 1 aliphatic rings. The summed E-state index contributed by atoms with van der Waals surface area (Å²) < 4.78 is 17.1. The SMILES string of the molecule is CCCC1=C(C(=O)OC(C)C)C(c2cc(Br)cc(OC)c2OC)NC(=O)N1. The zero-order valence-electron chi connectivity index (χ0n) is 16.1. The Morgan fingerprint density at radius 2 is 1.96 bits per heavy atom. The van der Waals surface area contributed by atoms with Crippen molar-refractivity contribution >= 4 is 27.9 Å². The van der Waals surface area contributed by atoms with Crippen molar-refractivity contribution < 1.29 is 23.8 Å². The van der Waals surface area contributed by atoms with Gasteiger partial charge in [0.15, 0.2) is 11.5 Å². The van der Waals surface area contributed by atoms with Crippen LogP contribution in [0.1, 0.15) is 45.2 Å². The van der Waals surface area contributed by atoms with Gasteiger partial charge in [-0.3, -0.25) is 0 Å². The minimum atomic E-state index is -0.729. The second-order valence-electron chi connectivity index (χ2n) is 6.36. The summed E-state index contributed by atoms with van der Waals surface area (Å²) in [7, 11) is 3.04. The first-order chi connectivity index (χ1) is 12.8. The molecule has 148 valence electrons. The van der Waals surface area contributed by atoms with E-state index in [2.05, 4.69) is 26.6 Å². The lowest BCUT2D eigenvalue weighted by Crippen LogP contribution is -2.46. The Morgan fingerprint density at radius 3 is 2.52 bits per heavy atom. The summed E-state index contributed by atoms with van der Waals surface area (Å²) in [4.78, 5) is 25.1. The number of hydrogen-bond acceptors (Lipinski definition) is 5. The lowest BCUT2D eigenvalue weighted by Gasteiger charge is -2.31. The number of ether oxygens (including phenoxy) is 3. The van der Waals surface area contributed by atoms with Crippen LogP contribution in [0.15, 0.2) is 27.9 Å². The van der Waals surface area contributed by atoms with E-state index in [-0.39, 0.29) is 12.1 Å². The van der Waals surface area contributed by atoms with Crippen LogP contribution in [0.2, 0.25) is 0 Å². The van der Waals surface area contributed by atoms with Crippen LogP contribution in [0, 0.1) is 0 Å². The van der Waals surface area contributed by atoms with E-state index in [1.54, 1.807) is 26.0 Å². The van der Waals surface area contributed by atoms with Crippen molar-refractivity contribution in [3.63, 3.8) is 0 Å². The highest BCUT2D eigenvalue weighted by molar-refractivity contribution is 9.10. The molecule has 1 atom stereocenters. The number of carbonyl (C=O) groups is 2. The number of methoxy groups -OCH3 is 2. The van der Waals surface area contributed by atoms with Crippen molar-refractivity contribution in [3.05, 3.63) is 33.4 Å². The van der Waals surface area contributed by atoms with Crippen molar-refractivity contribution in [1.82, 2.24) is 10.6 Å². The maximum atomic E-state index is 12.9. The van der Waals surface area contributed by atoms with Gasteiger partial charge < -0.3 is 24.8 Å². The smallest absolute Gasteiger partial charge is 0.338 e. The Labute approximate surface area is 167 Å². The first-order valence-corrected chi connectivity index (χ1v) is 9.54. The van der Waals surface area contributed by atoms with Crippen LogP contribution in [-0.2, 0) is 9.53 Å². The normalized spacial score (nSPS) is 16.7. The zero-order valence-corrected chi connectivity index (χ0v) is 17.7. The largest absolute Gasteiger partial charge is 0.493 e. The molecule has 1 heterocycles. The van der Waals surface area contributed by atoms with Gasteiger partial charge in [0.1, 0.15) is 0 Å². The van der Waals surface area contributed by atoms with Crippen LogP contribution in [0.5, 0.6) is 11.5 Å². The van der Waals surface area contributed by atoms with E-state index in [9.17, 15) is 9.59 Å². The lowest BCUT2D eigenvalue weighted by atomic mass is 9.93. The third kappa shape index (κ3) is 4.74. The summed E-state index contributed by atoms with van der Waals surface area (Å²) in [5.74, 6) is 0.453. The Balaban J connectivity index is 2.67. The number of esters is 1. The van der Waals surface area contributed by atoms with Gasteiger partial charge in [-0.2, -0.15) is 0 Å². The summed E-state index contributed by atoms with van der Waals surface area (Å²) in [5.41, 5.74) is 1.52. The van der Waals surface area contributed by atoms with Crippen molar-refractivity contribution in [2.24, 2.45) is 0 Å². The molecule has 1 aromatic carbocycles. The average molecular weight is 441 g/mol. The molecule has 8 heteroatoms. The van der Waals surface area contributed by atoms with E-state index in [0.29, 0.717) is 34.8 Å². The number of nitrogens with one attached hydrogen (secondary N) is 2. The minimum absolute atomic E-state index is 0.287. The Bertz CT molecular complexity index is 761. The molecule has 0 saturated carbocycles. The van der Waals surface area contributed by atoms with Crippen LogP contribution in [-0.4, -0.2) is 32.3 Å². The van der Waals surface area contributed by atoms with Crippen molar-refractivity contribution in [3.8, 4) is 11.5 Å². The molecule has 0 aromatic heterocycles. The monoisotopic (exact) mass is 440 g/mol. The molecule has 2 amide bonds. The van der Waals surface area contributed by atoms with E-state index in [0.717, 1.165) is 10.9 Å². The van der Waals surface area contributed by atoms with Crippen molar-refractivity contribution in [2.75, 3.05) is 14.2 Å². The fraction of sp³-hybridized carbons (Fsp3) is 0.474. The quantitative estimate of drug-likeness (QED) is 0.629. The molecule has 0 fully saturated rings. The van der Waals surface area contributed by atoms with Gasteiger partial charge in [-0.25, -0.2) is 9.59 Å². The highest BCUT2D eigenvalue weighted by Gasteiger charge is 2.36. The molecule has 0 aliphatic carbocycles. The van der Waals surface area contributed by atoms with E-state index in [1.165, 1.54) is 14.2 Å². The number of urea groups is 1. The van der Waals surface area contributed by atoms with Crippen molar-refractivity contribution in [1.29, 1.82) is 0 Å². The zero-order chi connectivity index (χ0) is 20.1. The molecule has 0 bridgehead atoms. The lowest BCUT2D eigenvalue weighted by molar-refractivity contribution is -0.143. The molecule has 27 heavy (non-hydrogen) atoms. The molecule has 0 spiro atoms. The maximum absolute atomic E-state index is 12.9. The number of amides is 2. The number of hydrogen-bond donors (Lipinski definition) is 2. The predicted octanol–water partition coefficient (Wildman–Crippen LogP) is 3.83. The molecular weight excluding hydrogens is 416 g/mol. The van der Waals surface area contributed by atoms with Crippen LogP contribution in [0.25, 0.3) is 0 Å². The van der Waals surface area contributed by atoms with Gasteiger partial charge in [-0.1, -0.05) is 29.3 Å². The summed E-state index contributed by atoms with van der Waals surface area (Å²) in [6.07, 6.45) is 1.02. The van der Waals surface area contributed by atoms with Gasteiger partial charge in [0.05, 0.1) is 31.9 Å². The van der Waals surface area contributed by atoms with Crippen LogP contribution in [0.4, 0.5) is 4.79 Å². The molecule has 0 radical (unpaired) electrons. The average Bonchev–Trinajstić information content (AvgIpc) is 2.59. The number of allylic oxidation sites excluding steroid dienone is 1. The molecule has 1 aliphatic heterocycles. The highest BCUT2D eigenvalue weighted by atomic mass is 79.9. The minimum Gasteiger partial charge on any atom is -0.493 e. The summed E-state index contributed by atoms with van der Waals surface area (Å²) >= 11 is 3.45. The van der Waals surface area contributed by atoms with E-state index in [1.807, 2.05) is 6.92 Å².